The molecule has 1 amide bonds. The predicted octanol–water partition coefficient (Wildman–Crippen LogP) is 1.37. The van der Waals surface area contributed by atoms with Gasteiger partial charge in [0, 0.05) is 18.6 Å². The SMILES string of the molecule is CCCNCCNC(=O)C1CC(C)(C)N(O)C1(C)C. The third-order valence-electron chi connectivity index (χ3n) is 4.02. The van der Waals surface area contributed by atoms with Crippen LogP contribution in [0.1, 0.15) is 47.5 Å². The molecular formula is C14H29N3O2. The van der Waals surface area contributed by atoms with E-state index in [1.165, 1.54) is 5.06 Å². The highest BCUT2D eigenvalue weighted by molar-refractivity contribution is 5.80. The summed E-state index contributed by atoms with van der Waals surface area (Å²) in [6, 6.07) is 0. The molecule has 0 aromatic heterocycles. The van der Waals surface area contributed by atoms with Gasteiger partial charge >= 0.3 is 0 Å². The van der Waals surface area contributed by atoms with Crippen LogP contribution in [-0.4, -0.2) is 46.9 Å². The van der Waals surface area contributed by atoms with Gasteiger partial charge in [0.15, 0.2) is 0 Å². The van der Waals surface area contributed by atoms with Gasteiger partial charge in [-0.05, 0) is 47.1 Å². The van der Waals surface area contributed by atoms with E-state index in [0.29, 0.717) is 13.0 Å². The maximum absolute atomic E-state index is 12.3. The van der Waals surface area contributed by atoms with Crippen LogP contribution in [0.2, 0.25) is 0 Å². The minimum atomic E-state index is -0.523. The lowest BCUT2D eigenvalue weighted by atomic mass is 9.86. The molecule has 1 fully saturated rings. The summed E-state index contributed by atoms with van der Waals surface area (Å²) in [4.78, 5) is 12.3. The van der Waals surface area contributed by atoms with Crippen LogP contribution in [0.25, 0.3) is 0 Å². The van der Waals surface area contributed by atoms with E-state index in [2.05, 4.69) is 17.6 Å². The minimum absolute atomic E-state index is 0.0351. The van der Waals surface area contributed by atoms with Crippen molar-refractivity contribution >= 4 is 5.91 Å². The first kappa shape index (κ1) is 16.4. The monoisotopic (exact) mass is 271 g/mol. The summed E-state index contributed by atoms with van der Waals surface area (Å²) < 4.78 is 0. The van der Waals surface area contributed by atoms with Crippen LogP contribution in [-0.2, 0) is 4.79 Å². The topological polar surface area (TPSA) is 64.6 Å². The summed E-state index contributed by atoms with van der Waals surface area (Å²) in [6.07, 6.45) is 1.77. The molecule has 0 spiro atoms. The van der Waals surface area contributed by atoms with E-state index in [0.717, 1.165) is 19.5 Å². The minimum Gasteiger partial charge on any atom is -0.355 e. The highest BCUT2D eigenvalue weighted by Gasteiger charge is 2.53. The summed E-state index contributed by atoms with van der Waals surface area (Å²) in [7, 11) is 0. The van der Waals surface area contributed by atoms with Crippen LogP contribution in [0.3, 0.4) is 0 Å². The van der Waals surface area contributed by atoms with E-state index in [9.17, 15) is 10.0 Å². The van der Waals surface area contributed by atoms with Gasteiger partial charge in [0.1, 0.15) is 0 Å². The Morgan fingerprint density at radius 3 is 2.37 bits per heavy atom. The first-order valence-electron chi connectivity index (χ1n) is 7.21. The molecule has 0 bridgehead atoms. The predicted molar refractivity (Wildman–Crippen MR) is 76.1 cm³/mol. The van der Waals surface area contributed by atoms with E-state index in [1.54, 1.807) is 0 Å². The Kier molecular flexibility index (Phi) is 5.35. The van der Waals surface area contributed by atoms with Crippen molar-refractivity contribution in [3.8, 4) is 0 Å². The van der Waals surface area contributed by atoms with Gasteiger partial charge in [-0.15, -0.1) is 0 Å². The second-order valence-corrected chi connectivity index (χ2v) is 6.58. The number of rotatable bonds is 6. The van der Waals surface area contributed by atoms with E-state index in [-0.39, 0.29) is 17.4 Å². The Morgan fingerprint density at radius 2 is 1.89 bits per heavy atom. The molecule has 0 radical (unpaired) electrons. The highest BCUT2D eigenvalue weighted by atomic mass is 16.5. The number of carbonyl (C=O) groups excluding carboxylic acids is 1. The van der Waals surface area contributed by atoms with Crippen molar-refractivity contribution in [1.29, 1.82) is 0 Å². The molecule has 5 heteroatoms. The lowest BCUT2D eigenvalue weighted by molar-refractivity contribution is -0.197. The van der Waals surface area contributed by atoms with Crippen molar-refractivity contribution in [2.75, 3.05) is 19.6 Å². The Balaban J connectivity index is 2.49. The van der Waals surface area contributed by atoms with Crippen LogP contribution in [0, 0.1) is 5.92 Å². The van der Waals surface area contributed by atoms with Crippen LogP contribution in [0.15, 0.2) is 0 Å². The van der Waals surface area contributed by atoms with Crippen molar-refractivity contribution in [3.05, 3.63) is 0 Å². The fourth-order valence-corrected chi connectivity index (χ4v) is 2.88. The number of nitrogens with one attached hydrogen (secondary N) is 2. The Hall–Kier alpha value is -0.650. The number of amides is 1. The van der Waals surface area contributed by atoms with Gasteiger partial charge in [0.25, 0.3) is 0 Å². The number of hydroxylamine groups is 2. The molecular weight excluding hydrogens is 242 g/mol. The molecule has 5 nitrogen and oxygen atoms in total. The maximum atomic E-state index is 12.3. The molecule has 0 aliphatic carbocycles. The van der Waals surface area contributed by atoms with E-state index in [1.807, 2.05) is 27.7 Å². The number of carbonyl (C=O) groups is 1. The lowest BCUT2D eigenvalue weighted by Crippen LogP contribution is -2.50. The van der Waals surface area contributed by atoms with Crippen LogP contribution < -0.4 is 10.6 Å². The molecule has 1 aliphatic rings. The second kappa shape index (κ2) is 6.20. The maximum Gasteiger partial charge on any atom is 0.225 e. The van der Waals surface area contributed by atoms with Gasteiger partial charge < -0.3 is 15.8 Å². The van der Waals surface area contributed by atoms with Crippen LogP contribution >= 0.6 is 0 Å². The van der Waals surface area contributed by atoms with Crippen molar-refractivity contribution in [1.82, 2.24) is 15.7 Å². The first-order chi connectivity index (χ1) is 8.73. The average molecular weight is 271 g/mol. The summed E-state index contributed by atoms with van der Waals surface area (Å²) in [5.74, 6) is -0.147. The molecule has 0 saturated carbocycles. The molecule has 1 heterocycles. The molecule has 0 aromatic carbocycles. The van der Waals surface area contributed by atoms with Crippen LogP contribution in [0.4, 0.5) is 0 Å². The number of hydrogen-bond donors (Lipinski definition) is 3. The zero-order valence-electron chi connectivity index (χ0n) is 12.9. The van der Waals surface area contributed by atoms with Gasteiger partial charge in [-0.25, -0.2) is 0 Å². The normalized spacial score (nSPS) is 25.5. The van der Waals surface area contributed by atoms with Gasteiger partial charge in [0.05, 0.1) is 11.5 Å². The fraction of sp³-hybridized carbons (Fsp3) is 0.929. The zero-order chi connectivity index (χ0) is 14.7. The van der Waals surface area contributed by atoms with E-state index < -0.39 is 5.54 Å². The Bertz CT molecular complexity index is 316. The molecule has 1 rings (SSSR count). The molecule has 1 aliphatic heterocycles. The van der Waals surface area contributed by atoms with Crippen molar-refractivity contribution in [2.24, 2.45) is 5.92 Å². The largest absolute Gasteiger partial charge is 0.355 e. The summed E-state index contributed by atoms with van der Waals surface area (Å²) in [6.45, 7) is 12.3. The van der Waals surface area contributed by atoms with Crippen molar-refractivity contribution < 1.29 is 10.0 Å². The van der Waals surface area contributed by atoms with E-state index in [4.69, 9.17) is 0 Å². The third-order valence-corrected chi connectivity index (χ3v) is 4.02. The van der Waals surface area contributed by atoms with Gasteiger partial charge in [-0.3, -0.25) is 4.79 Å². The quantitative estimate of drug-likeness (QED) is 0.638. The van der Waals surface area contributed by atoms with E-state index >= 15 is 0 Å². The van der Waals surface area contributed by atoms with Crippen molar-refractivity contribution in [3.63, 3.8) is 0 Å². The Labute approximate surface area is 116 Å². The third kappa shape index (κ3) is 3.68. The molecule has 3 N–H and O–H groups in total. The molecule has 0 aromatic rings. The molecule has 1 unspecified atom stereocenters. The Morgan fingerprint density at radius 1 is 1.26 bits per heavy atom. The first-order valence-corrected chi connectivity index (χ1v) is 7.21. The molecule has 112 valence electrons. The lowest BCUT2D eigenvalue weighted by Gasteiger charge is -2.35. The van der Waals surface area contributed by atoms with Gasteiger partial charge in [-0.2, -0.15) is 5.06 Å². The number of nitrogens with zero attached hydrogens (tertiary/aromatic N) is 1. The fourth-order valence-electron chi connectivity index (χ4n) is 2.88. The van der Waals surface area contributed by atoms with Gasteiger partial charge in [0.2, 0.25) is 5.91 Å². The highest BCUT2D eigenvalue weighted by Crippen LogP contribution is 2.43. The summed E-state index contributed by atoms with van der Waals surface area (Å²) in [5.41, 5.74) is -0.879. The second-order valence-electron chi connectivity index (χ2n) is 6.58. The number of hydrogen-bond acceptors (Lipinski definition) is 4. The average Bonchev–Trinajstić information content (AvgIpc) is 2.49. The summed E-state index contributed by atoms with van der Waals surface area (Å²) >= 11 is 0. The molecule has 19 heavy (non-hydrogen) atoms. The zero-order valence-corrected chi connectivity index (χ0v) is 12.9. The van der Waals surface area contributed by atoms with Crippen molar-refractivity contribution in [2.45, 2.75) is 58.5 Å². The molecule has 1 atom stereocenters. The van der Waals surface area contributed by atoms with Crippen LogP contribution in [0.5, 0.6) is 0 Å². The standard InChI is InChI=1S/C14H29N3O2/c1-6-7-15-8-9-16-12(18)11-10-13(2,3)17(19)14(11,4)5/h11,15,19H,6-10H2,1-5H3,(H,16,18). The summed E-state index contributed by atoms with van der Waals surface area (Å²) in [5, 5.41) is 17.7. The smallest absolute Gasteiger partial charge is 0.225 e. The van der Waals surface area contributed by atoms with Gasteiger partial charge in [-0.1, -0.05) is 6.92 Å². The molecule has 1 saturated heterocycles.